The summed E-state index contributed by atoms with van der Waals surface area (Å²) >= 11 is 23.4. The highest BCUT2D eigenvalue weighted by Gasteiger charge is 2.05. The van der Waals surface area contributed by atoms with Crippen LogP contribution in [0.4, 0.5) is 21.0 Å². The van der Waals surface area contributed by atoms with Crippen molar-refractivity contribution in [2.45, 2.75) is 12.8 Å². The second-order valence-corrected chi connectivity index (χ2v) is 7.36. The number of halogens is 4. The molecule has 2 aromatic rings. The molecule has 0 saturated heterocycles. The summed E-state index contributed by atoms with van der Waals surface area (Å²) in [6.45, 7) is 0.923. The van der Waals surface area contributed by atoms with E-state index in [1.54, 1.807) is 36.4 Å². The number of unbranched alkanes of at least 4 members (excludes halogenated alkanes) is 1. The molecule has 0 aromatic heterocycles. The van der Waals surface area contributed by atoms with Crippen molar-refractivity contribution in [1.82, 2.24) is 10.6 Å². The normalized spacial score (nSPS) is 10.3. The maximum atomic E-state index is 11.8. The average molecular weight is 464 g/mol. The van der Waals surface area contributed by atoms with Crippen LogP contribution in [-0.4, -0.2) is 25.2 Å². The van der Waals surface area contributed by atoms with Gasteiger partial charge < -0.3 is 21.3 Å². The third kappa shape index (κ3) is 7.64. The summed E-state index contributed by atoms with van der Waals surface area (Å²) in [4.78, 5) is 23.6. The van der Waals surface area contributed by atoms with Gasteiger partial charge in [-0.1, -0.05) is 46.4 Å². The van der Waals surface area contributed by atoms with Gasteiger partial charge in [0.15, 0.2) is 0 Å². The average Bonchev–Trinajstić information content (AvgIpc) is 2.64. The first-order valence-electron chi connectivity index (χ1n) is 8.35. The Hall–Kier alpha value is -1.86. The lowest BCUT2D eigenvalue weighted by molar-refractivity contribution is 0.250. The summed E-state index contributed by atoms with van der Waals surface area (Å²) in [5.41, 5.74) is 1.10. The first-order valence-corrected chi connectivity index (χ1v) is 9.86. The summed E-state index contributed by atoms with van der Waals surface area (Å²) in [6, 6.07) is 8.98. The van der Waals surface area contributed by atoms with Crippen molar-refractivity contribution in [2.24, 2.45) is 0 Å². The van der Waals surface area contributed by atoms with Gasteiger partial charge in [-0.05, 0) is 49.2 Å². The van der Waals surface area contributed by atoms with Gasteiger partial charge in [-0.3, -0.25) is 0 Å². The van der Waals surface area contributed by atoms with Crippen LogP contribution in [0.25, 0.3) is 0 Å². The number of anilines is 2. The van der Waals surface area contributed by atoms with Crippen LogP contribution in [-0.2, 0) is 0 Å². The van der Waals surface area contributed by atoms with E-state index >= 15 is 0 Å². The largest absolute Gasteiger partial charge is 0.338 e. The Balaban J connectivity index is 1.58. The van der Waals surface area contributed by atoms with Gasteiger partial charge >= 0.3 is 12.1 Å². The minimum absolute atomic E-state index is 0.344. The molecule has 28 heavy (non-hydrogen) atoms. The molecule has 0 radical (unpaired) electrons. The van der Waals surface area contributed by atoms with Crippen molar-refractivity contribution in [1.29, 1.82) is 0 Å². The van der Waals surface area contributed by atoms with Crippen molar-refractivity contribution in [2.75, 3.05) is 23.7 Å². The number of nitrogens with one attached hydrogen (secondary N) is 4. The molecule has 150 valence electrons. The van der Waals surface area contributed by atoms with Gasteiger partial charge in [0.05, 0.1) is 20.1 Å². The van der Waals surface area contributed by atoms with E-state index in [9.17, 15) is 9.59 Å². The van der Waals surface area contributed by atoms with Crippen LogP contribution in [0, 0.1) is 0 Å². The molecule has 0 saturated carbocycles. The fourth-order valence-electron chi connectivity index (χ4n) is 2.15. The minimum Gasteiger partial charge on any atom is -0.338 e. The van der Waals surface area contributed by atoms with Crippen molar-refractivity contribution < 1.29 is 9.59 Å². The Labute approximate surface area is 182 Å². The van der Waals surface area contributed by atoms with Gasteiger partial charge in [0.2, 0.25) is 0 Å². The number of urea groups is 2. The van der Waals surface area contributed by atoms with Gasteiger partial charge in [0, 0.05) is 24.5 Å². The van der Waals surface area contributed by atoms with Crippen LogP contribution in [0.15, 0.2) is 36.4 Å². The fraction of sp³-hybridized carbons (Fsp3) is 0.222. The smallest absolute Gasteiger partial charge is 0.319 e. The molecule has 2 rings (SSSR count). The first-order chi connectivity index (χ1) is 13.3. The van der Waals surface area contributed by atoms with Crippen LogP contribution in [0.3, 0.4) is 0 Å². The van der Waals surface area contributed by atoms with Crippen molar-refractivity contribution in [3.8, 4) is 0 Å². The van der Waals surface area contributed by atoms with Crippen LogP contribution in [0.5, 0.6) is 0 Å². The molecule has 4 N–H and O–H groups in total. The molecule has 0 aliphatic carbocycles. The Bertz CT molecular complexity index is 779. The van der Waals surface area contributed by atoms with E-state index in [2.05, 4.69) is 21.3 Å². The maximum absolute atomic E-state index is 11.8. The zero-order chi connectivity index (χ0) is 20.5. The lowest BCUT2D eigenvalue weighted by Crippen LogP contribution is -2.31. The Kier molecular flexibility index (Phi) is 8.99. The number of hydrogen-bond donors (Lipinski definition) is 4. The summed E-state index contributed by atoms with van der Waals surface area (Å²) in [5.74, 6) is 0. The third-order valence-corrected chi connectivity index (χ3v) is 5.01. The molecule has 0 bridgehead atoms. The quantitative estimate of drug-likeness (QED) is 0.378. The molecule has 0 aliphatic heterocycles. The van der Waals surface area contributed by atoms with E-state index in [-0.39, 0.29) is 12.1 Å². The highest BCUT2D eigenvalue weighted by molar-refractivity contribution is 6.42. The molecule has 4 amide bonds. The number of hydrogen-bond acceptors (Lipinski definition) is 2. The molecule has 2 aromatic carbocycles. The molecular weight excluding hydrogens is 446 g/mol. The maximum Gasteiger partial charge on any atom is 0.319 e. The fourth-order valence-corrected chi connectivity index (χ4v) is 2.75. The number of rotatable bonds is 7. The van der Waals surface area contributed by atoms with Crippen molar-refractivity contribution in [3.63, 3.8) is 0 Å². The number of benzene rings is 2. The van der Waals surface area contributed by atoms with E-state index in [1.807, 2.05) is 0 Å². The number of carbonyl (C=O) groups excluding carboxylic acids is 2. The number of amides is 4. The lowest BCUT2D eigenvalue weighted by atomic mass is 10.3. The summed E-state index contributed by atoms with van der Waals surface area (Å²) < 4.78 is 0. The van der Waals surface area contributed by atoms with Crippen LogP contribution in [0.1, 0.15) is 12.8 Å². The van der Waals surface area contributed by atoms with Gasteiger partial charge in [0.25, 0.3) is 0 Å². The van der Waals surface area contributed by atoms with Crippen LogP contribution in [0.2, 0.25) is 20.1 Å². The van der Waals surface area contributed by atoms with E-state index in [1.165, 1.54) is 0 Å². The van der Waals surface area contributed by atoms with Gasteiger partial charge in [-0.2, -0.15) is 0 Å². The Morgan fingerprint density at radius 3 is 1.39 bits per heavy atom. The Morgan fingerprint density at radius 2 is 1.04 bits per heavy atom. The zero-order valence-electron chi connectivity index (χ0n) is 14.6. The monoisotopic (exact) mass is 462 g/mol. The van der Waals surface area contributed by atoms with Gasteiger partial charge in [0.1, 0.15) is 0 Å². The second kappa shape index (κ2) is 11.2. The predicted molar refractivity (Wildman–Crippen MR) is 116 cm³/mol. The number of carbonyl (C=O) groups is 2. The molecule has 6 nitrogen and oxygen atoms in total. The summed E-state index contributed by atoms with van der Waals surface area (Å²) in [6.07, 6.45) is 1.39. The molecule has 0 fully saturated rings. The first kappa shape index (κ1) is 22.4. The van der Waals surface area contributed by atoms with E-state index < -0.39 is 0 Å². The summed E-state index contributed by atoms with van der Waals surface area (Å²) in [7, 11) is 0. The summed E-state index contributed by atoms with van der Waals surface area (Å²) in [5, 5.41) is 12.3. The van der Waals surface area contributed by atoms with E-state index in [4.69, 9.17) is 46.4 Å². The predicted octanol–water partition coefficient (Wildman–Crippen LogP) is 6.02. The molecule has 0 spiro atoms. The molecular formula is C18H18Cl4N4O2. The zero-order valence-corrected chi connectivity index (χ0v) is 17.6. The van der Waals surface area contributed by atoms with E-state index in [0.717, 1.165) is 0 Å². The van der Waals surface area contributed by atoms with Crippen molar-refractivity contribution >= 4 is 69.8 Å². The second-order valence-electron chi connectivity index (χ2n) is 5.73. The highest BCUT2D eigenvalue weighted by Crippen LogP contribution is 2.25. The molecule has 0 aliphatic rings. The highest BCUT2D eigenvalue weighted by atomic mass is 35.5. The SMILES string of the molecule is O=C(NCCCCNC(=O)Nc1ccc(Cl)c(Cl)c1)Nc1ccc(Cl)c(Cl)c1. The topological polar surface area (TPSA) is 82.3 Å². The molecule has 10 heteroatoms. The van der Waals surface area contributed by atoms with Crippen molar-refractivity contribution in [3.05, 3.63) is 56.5 Å². The lowest BCUT2D eigenvalue weighted by Gasteiger charge is -2.10. The molecule has 0 unspecified atom stereocenters. The molecule has 0 atom stereocenters. The standard InChI is InChI=1S/C18H18Cl4N4O2/c19-13-5-3-11(9-15(13)21)25-17(27)23-7-1-2-8-24-18(28)26-12-4-6-14(20)16(22)10-12/h3-6,9-10H,1-2,7-8H2,(H2,23,25,27)(H2,24,26,28). The van der Waals surface area contributed by atoms with Gasteiger partial charge in [-0.25, -0.2) is 9.59 Å². The minimum atomic E-state index is -0.344. The van der Waals surface area contributed by atoms with Gasteiger partial charge in [-0.15, -0.1) is 0 Å². The van der Waals surface area contributed by atoms with E-state index in [0.29, 0.717) is 57.4 Å². The Morgan fingerprint density at radius 1 is 0.643 bits per heavy atom. The third-order valence-electron chi connectivity index (χ3n) is 3.53. The molecule has 0 heterocycles. The van der Waals surface area contributed by atoms with Crippen LogP contribution >= 0.6 is 46.4 Å². The van der Waals surface area contributed by atoms with Crippen LogP contribution < -0.4 is 21.3 Å².